The number of nitro benzene ring substituents is 1. The first-order chi connectivity index (χ1) is 9.04. The van der Waals surface area contributed by atoms with Crippen LogP contribution in [0.1, 0.15) is 23.2 Å². The van der Waals surface area contributed by atoms with Crippen LogP contribution in [0.5, 0.6) is 5.75 Å². The third-order valence-corrected chi connectivity index (χ3v) is 3.33. The molecule has 0 bridgehead atoms. The SMILES string of the molecule is NCC1CCCN1C(=O)c1ccc([N+](=O)[O-])c(O)c1. The highest BCUT2D eigenvalue weighted by molar-refractivity contribution is 5.95. The van der Waals surface area contributed by atoms with Crippen LogP contribution in [0.4, 0.5) is 5.69 Å². The Morgan fingerprint density at radius 2 is 2.32 bits per heavy atom. The number of likely N-dealkylation sites (tertiary alicyclic amines) is 1. The van der Waals surface area contributed by atoms with Crippen LogP contribution < -0.4 is 5.73 Å². The number of nitrogens with zero attached hydrogens (tertiary/aromatic N) is 2. The van der Waals surface area contributed by atoms with Crippen molar-refractivity contribution in [3.05, 3.63) is 33.9 Å². The normalized spacial score (nSPS) is 18.6. The molecule has 1 aromatic rings. The van der Waals surface area contributed by atoms with Gasteiger partial charge in [-0.1, -0.05) is 0 Å². The molecule has 0 aromatic heterocycles. The van der Waals surface area contributed by atoms with Crippen molar-refractivity contribution in [2.24, 2.45) is 5.73 Å². The van der Waals surface area contributed by atoms with Crippen molar-refractivity contribution < 1.29 is 14.8 Å². The monoisotopic (exact) mass is 265 g/mol. The number of carbonyl (C=O) groups excluding carboxylic acids is 1. The lowest BCUT2D eigenvalue weighted by molar-refractivity contribution is -0.385. The van der Waals surface area contributed by atoms with Gasteiger partial charge in [-0.15, -0.1) is 0 Å². The molecule has 2 rings (SSSR count). The predicted octanol–water partition coefficient (Wildman–Crippen LogP) is 0.864. The minimum atomic E-state index is -0.692. The van der Waals surface area contributed by atoms with Crippen LogP contribution in [0.15, 0.2) is 18.2 Å². The number of phenolic OH excluding ortho intramolecular Hbond substituents is 1. The molecule has 1 aliphatic heterocycles. The maximum Gasteiger partial charge on any atom is 0.310 e. The second-order valence-electron chi connectivity index (χ2n) is 4.49. The van der Waals surface area contributed by atoms with Crippen molar-refractivity contribution in [2.75, 3.05) is 13.1 Å². The van der Waals surface area contributed by atoms with Crippen LogP contribution in [0.3, 0.4) is 0 Å². The molecule has 0 spiro atoms. The van der Waals surface area contributed by atoms with Gasteiger partial charge in [-0.3, -0.25) is 14.9 Å². The summed E-state index contributed by atoms with van der Waals surface area (Å²) in [6, 6.07) is 3.62. The minimum absolute atomic E-state index is 0.00448. The Morgan fingerprint density at radius 3 is 2.89 bits per heavy atom. The molecule has 1 saturated heterocycles. The molecular weight excluding hydrogens is 250 g/mol. The van der Waals surface area contributed by atoms with E-state index < -0.39 is 16.4 Å². The van der Waals surface area contributed by atoms with Gasteiger partial charge in [0.15, 0.2) is 5.75 Å². The van der Waals surface area contributed by atoms with Gasteiger partial charge in [-0.2, -0.15) is 0 Å². The smallest absolute Gasteiger partial charge is 0.310 e. The maximum atomic E-state index is 12.2. The molecule has 0 aliphatic carbocycles. The van der Waals surface area contributed by atoms with Gasteiger partial charge in [0, 0.05) is 30.8 Å². The fourth-order valence-electron chi connectivity index (χ4n) is 2.32. The van der Waals surface area contributed by atoms with E-state index in [9.17, 15) is 20.0 Å². The maximum absolute atomic E-state index is 12.2. The van der Waals surface area contributed by atoms with Gasteiger partial charge in [0.25, 0.3) is 5.91 Å². The fourth-order valence-corrected chi connectivity index (χ4v) is 2.32. The zero-order valence-electron chi connectivity index (χ0n) is 10.3. The molecule has 1 fully saturated rings. The number of nitro groups is 1. The van der Waals surface area contributed by atoms with E-state index in [1.807, 2.05) is 0 Å². The number of rotatable bonds is 3. The lowest BCUT2D eigenvalue weighted by Crippen LogP contribution is -2.39. The third kappa shape index (κ3) is 2.50. The quantitative estimate of drug-likeness (QED) is 0.622. The van der Waals surface area contributed by atoms with Crippen molar-refractivity contribution in [1.82, 2.24) is 4.90 Å². The van der Waals surface area contributed by atoms with Crippen molar-refractivity contribution in [3.63, 3.8) is 0 Å². The summed E-state index contributed by atoms with van der Waals surface area (Å²) in [4.78, 5) is 23.8. The molecule has 7 heteroatoms. The van der Waals surface area contributed by atoms with E-state index >= 15 is 0 Å². The Balaban J connectivity index is 2.25. The van der Waals surface area contributed by atoms with Crippen molar-refractivity contribution in [1.29, 1.82) is 0 Å². The summed E-state index contributed by atoms with van der Waals surface area (Å²) < 4.78 is 0. The largest absolute Gasteiger partial charge is 0.502 e. The number of aromatic hydroxyl groups is 1. The van der Waals surface area contributed by atoms with E-state index in [2.05, 4.69) is 0 Å². The molecule has 3 N–H and O–H groups in total. The molecule has 1 unspecified atom stereocenters. The molecule has 1 aromatic carbocycles. The van der Waals surface area contributed by atoms with Gasteiger partial charge in [0.2, 0.25) is 0 Å². The molecule has 0 saturated carbocycles. The first-order valence-electron chi connectivity index (χ1n) is 6.03. The molecule has 1 atom stereocenters. The summed E-state index contributed by atoms with van der Waals surface area (Å²) in [5.41, 5.74) is 5.43. The summed E-state index contributed by atoms with van der Waals surface area (Å²) in [5, 5.41) is 20.1. The number of nitrogens with two attached hydrogens (primary N) is 1. The van der Waals surface area contributed by atoms with E-state index in [4.69, 9.17) is 5.73 Å². The third-order valence-electron chi connectivity index (χ3n) is 3.33. The highest BCUT2D eigenvalue weighted by Crippen LogP contribution is 2.28. The highest BCUT2D eigenvalue weighted by Gasteiger charge is 2.29. The van der Waals surface area contributed by atoms with Crippen molar-refractivity contribution >= 4 is 11.6 Å². The predicted molar refractivity (Wildman–Crippen MR) is 67.9 cm³/mol. The van der Waals surface area contributed by atoms with Crippen LogP contribution in [0, 0.1) is 10.1 Å². The van der Waals surface area contributed by atoms with Gasteiger partial charge in [-0.25, -0.2) is 0 Å². The van der Waals surface area contributed by atoms with Gasteiger partial charge >= 0.3 is 5.69 Å². The number of phenols is 1. The second-order valence-corrected chi connectivity index (χ2v) is 4.49. The Bertz CT molecular complexity index is 518. The number of hydrogen-bond acceptors (Lipinski definition) is 5. The van der Waals surface area contributed by atoms with Gasteiger partial charge < -0.3 is 15.7 Å². The minimum Gasteiger partial charge on any atom is -0.502 e. The average molecular weight is 265 g/mol. The van der Waals surface area contributed by atoms with Crippen LogP contribution >= 0.6 is 0 Å². The zero-order valence-corrected chi connectivity index (χ0v) is 10.3. The molecular formula is C12H15N3O4. The summed E-state index contributed by atoms with van der Waals surface area (Å²) in [6.45, 7) is 1.02. The van der Waals surface area contributed by atoms with E-state index in [1.165, 1.54) is 6.07 Å². The summed E-state index contributed by atoms with van der Waals surface area (Å²) >= 11 is 0. The van der Waals surface area contributed by atoms with Gasteiger partial charge in [0.1, 0.15) is 0 Å². The first kappa shape index (κ1) is 13.3. The zero-order chi connectivity index (χ0) is 14.0. The Kier molecular flexibility index (Phi) is 3.66. The molecule has 1 heterocycles. The van der Waals surface area contributed by atoms with Crippen LogP contribution in [0.2, 0.25) is 0 Å². The van der Waals surface area contributed by atoms with Crippen LogP contribution in [-0.2, 0) is 0 Å². The lowest BCUT2D eigenvalue weighted by atomic mass is 10.1. The summed E-state index contributed by atoms with van der Waals surface area (Å²) in [6.07, 6.45) is 1.76. The van der Waals surface area contributed by atoms with E-state index in [0.717, 1.165) is 25.0 Å². The topological polar surface area (TPSA) is 110 Å². The van der Waals surface area contributed by atoms with Crippen molar-refractivity contribution in [3.8, 4) is 5.75 Å². The average Bonchev–Trinajstić information content (AvgIpc) is 2.85. The van der Waals surface area contributed by atoms with E-state index in [-0.39, 0.29) is 17.5 Å². The van der Waals surface area contributed by atoms with E-state index in [1.54, 1.807) is 4.90 Å². The van der Waals surface area contributed by atoms with Crippen LogP contribution in [0.25, 0.3) is 0 Å². The lowest BCUT2D eigenvalue weighted by Gasteiger charge is -2.23. The molecule has 0 radical (unpaired) electrons. The van der Waals surface area contributed by atoms with Crippen molar-refractivity contribution in [2.45, 2.75) is 18.9 Å². The second kappa shape index (κ2) is 5.23. The molecule has 7 nitrogen and oxygen atoms in total. The molecule has 102 valence electrons. The van der Waals surface area contributed by atoms with Crippen LogP contribution in [-0.4, -0.2) is 40.0 Å². The van der Waals surface area contributed by atoms with Gasteiger partial charge in [-0.05, 0) is 25.0 Å². The molecule has 1 amide bonds. The molecule has 1 aliphatic rings. The summed E-state index contributed by atoms with van der Waals surface area (Å²) in [7, 11) is 0. The van der Waals surface area contributed by atoms with E-state index in [0.29, 0.717) is 13.1 Å². The number of amides is 1. The Morgan fingerprint density at radius 1 is 1.58 bits per heavy atom. The summed E-state index contributed by atoms with van der Waals surface area (Å²) in [5.74, 6) is -0.752. The standard InChI is InChI=1S/C12H15N3O4/c13-7-9-2-1-5-14(9)12(17)8-3-4-10(15(18)19)11(16)6-8/h3-4,6,9,16H,1-2,5,7,13H2. The van der Waals surface area contributed by atoms with Gasteiger partial charge in [0.05, 0.1) is 4.92 Å². The fraction of sp³-hybridized carbons (Fsp3) is 0.417. The molecule has 19 heavy (non-hydrogen) atoms. The Hall–Kier alpha value is -2.15. The number of carbonyl (C=O) groups is 1. The Labute approximate surface area is 109 Å². The highest BCUT2D eigenvalue weighted by atomic mass is 16.6. The number of hydrogen-bond donors (Lipinski definition) is 2. The number of benzene rings is 1. The first-order valence-corrected chi connectivity index (χ1v) is 6.03.